The summed E-state index contributed by atoms with van der Waals surface area (Å²) >= 11 is 6.10. The highest BCUT2D eigenvalue weighted by Gasteiger charge is 2.21. The Hall–Kier alpha value is -2.79. The third-order valence-electron chi connectivity index (χ3n) is 4.56. The van der Waals surface area contributed by atoms with Crippen molar-refractivity contribution in [2.45, 2.75) is 33.0 Å². The first-order valence-electron chi connectivity index (χ1n) is 9.17. The third-order valence-corrected chi connectivity index (χ3v) is 4.79. The lowest BCUT2D eigenvalue weighted by molar-refractivity contribution is 0.0682. The van der Waals surface area contributed by atoms with Gasteiger partial charge in [-0.3, -0.25) is 4.79 Å². The summed E-state index contributed by atoms with van der Waals surface area (Å²) < 4.78 is 7.29. The van der Waals surface area contributed by atoms with E-state index in [0.717, 1.165) is 11.4 Å². The van der Waals surface area contributed by atoms with Crippen molar-refractivity contribution >= 4 is 17.5 Å². The molecular formula is C22H24ClN3O2. The van der Waals surface area contributed by atoms with Gasteiger partial charge in [-0.05, 0) is 49.7 Å². The molecule has 0 saturated carbocycles. The summed E-state index contributed by atoms with van der Waals surface area (Å²) in [6.07, 6.45) is 3.68. The Morgan fingerprint density at radius 1 is 1.21 bits per heavy atom. The van der Waals surface area contributed by atoms with Gasteiger partial charge in [0.05, 0.1) is 13.7 Å². The third kappa shape index (κ3) is 4.73. The molecule has 28 heavy (non-hydrogen) atoms. The van der Waals surface area contributed by atoms with Crippen LogP contribution in [0.3, 0.4) is 0 Å². The number of nitrogens with zero attached hydrogens (tertiary/aromatic N) is 3. The number of amides is 1. The molecule has 1 aromatic heterocycles. The predicted octanol–water partition coefficient (Wildman–Crippen LogP) is 4.64. The van der Waals surface area contributed by atoms with Gasteiger partial charge in [-0.2, -0.15) is 0 Å². The Morgan fingerprint density at radius 3 is 2.71 bits per heavy atom. The van der Waals surface area contributed by atoms with Crippen LogP contribution in [-0.2, 0) is 13.1 Å². The van der Waals surface area contributed by atoms with E-state index in [1.54, 1.807) is 25.4 Å². The molecule has 0 radical (unpaired) electrons. The topological polar surface area (TPSA) is 47.4 Å². The van der Waals surface area contributed by atoms with Gasteiger partial charge >= 0.3 is 0 Å². The van der Waals surface area contributed by atoms with Crippen molar-refractivity contribution in [1.29, 1.82) is 0 Å². The maximum Gasteiger partial charge on any atom is 0.254 e. The fourth-order valence-electron chi connectivity index (χ4n) is 3.03. The molecule has 2 aromatic carbocycles. The lowest BCUT2D eigenvalue weighted by Gasteiger charge is -2.27. The molecule has 0 aliphatic heterocycles. The molecule has 0 unspecified atom stereocenters. The van der Waals surface area contributed by atoms with E-state index < -0.39 is 0 Å². The average Bonchev–Trinajstić information content (AvgIpc) is 3.12. The summed E-state index contributed by atoms with van der Waals surface area (Å²) in [6, 6.07) is 15.0. The molecule has 0 saturated heterocycles. The first kappa shape index (κ1) is 20.0. The molecule has 5 nitrogen and oxygen atoms in total. The lowest BCUT2D eigenvalue weighted by atomic mass is 10.1. The van der Waals surface area contributed by atoms with Crippen molar-refractivity contribution in [2.75, 3.05) is 7.11 Å². The monoisotopic (exact) mass is 397 g/mol. The molecule has 3 rings (SSSR count). The van der Waals surface area contributed by atoms with Crippen LogP contribution in [-0.4, -0.2) is 33.5 Å². The van der Waals surface area contributed by atoms with Crippen LogP contribution in [0.2, 0.25) is 5.02 Å². The molecular weight excluding hydrogens is 374 g/mol. The second-order valence-corrected chi connectivity index (χ2v) is 7.30. The largest absolute Gasteiger partial charge is 0.497 e. The highest BCUT2D eigenvalue weighted by Crippen LogP contribution is 2.18. The molecule has 0 aliphatic carbocycles. The zero-order valence-electron chi connectivity index (χ0n) is 16.3. The Balaban J connectivity index is 1.82. The van der Waals surface area contributed by atoms with Crippen LogP contribution in [0.5, 0.6) is 5.75 Å². The van der Waals surface area contributed by atoms with E-state index >= 15 is 0 Å². The lowest BCUT2D eigenvalue weighted by Crippen LogP contribution is -2.37. The molecule has 0 aliphatic rings. The van der Waals surface area contributed by atoms with E-state index in [0.29, 0.717) is 29.4 Å². The van der Waals surface area contributed by atoms with Gasteiger partial charge in [-0.25, -0.2) is 4.98 Å². The molecule has 3 aromatic rings. The second-order valence-electron chi connectivity index (χ2n) is 6.86. The van der Waals surface area contributed by atoms with Crippen LogP contribution in [0, 0.1) is 0 Å². The summed E-state index contributed by atoms with van der Waals surface area (Å²) in [5.74, 6) is 1.44. The first-order chi connectivity index (χ1) is 13.5. The number of carbonyl (C=O) groups excluding carboxylic acids is 1. The zero-order valence-corrected chi connectivity index (χ0v) is 17.1. The van der Waals surface area contributed by atoms with Crippen LogP contribution in [0.1, 0.15) is 35.6 Å². The fraction of sp³-hybridized carbons (Fsp3) is 0.273. The standard InChI is InChI=1S/C22H24ClN3O2/c1-16(2)26(22(27)18-7-5-9-20(13-18)28-3)15-21-24-10-11-25(21)14-17-6-4-8-19(23)12-17/h4-13,16H,14-15H2,1-3H3. The van der Waals surface area contributed by atoms with Crippen LogP contribution in [0.15, 0.2) is 60.9 Å². The smallest absolute Gasteiger partial charge is 0.254 e. The van der Waals surface area contributed by atoms with Crippen molar-refractivity contribution < 1.29 is 9.53 Å². The quantitative estimate of drug-likeness (QED) is 0.583. The van der Waals surface area contributed by atoms with E-state index in [1.807, 2.05) is 65.9 Å². The van der Waals surface area contributed by atoms with Crippen LogP contribution in [0.25, 0.3) is 0 Å². The van der Waals surface area contributed by atoms with E-state index in [2.05, 4.69) is 4.98 Å². The van der Waals surface area contributed by atoms with Gasteiger partial charge in [-0.1, -0.05) is 29.8 Å². The van der Waals surface area contributed by atoms with Crippen molar-refractivity contribution in [2.24, 2.45) is 0 Å². The fourth-order valence-corrected chi connectivity index (χ4v) is 3.24. The number of ether oxygens (including phenoxy) is 1. The summed E-state index contributed by atoms with van der Waals surface area (Å²) in [6.45, 7) is 5.07. The Kier molecular flexibility index (Phi) is 6.37. The maximum absolute atomic E-state index is 13.1. The molecule has 0 atom stereocenters. The van der Waals surface area contributed by atoms with Gasteiger partial charge < -0.3 is 14.2 Å². The van der Waals surface area contributed by atoms with E-state index in [-0.39, 0.29) is 11.9 Å². The van der Waals surface area contributed by atoms with Crippen LogP contribution < -0.4 is 4.74 Å². The molecule has 0 bridgehead atoms. The molecule has 1 heterocycles. The van der Waals surface area contributed by atoms with E-state index in [1.165, 1.54) is 0 Å². The van der Waals surface area contributed by atoms with Crippen molar-refractivity contribution in [3.05, 3.63) is 82.9 Å². The normalized spacial score (nSPS) is 10.9. The number of benzene rings is 2. The van der Waals surface area contributed by atoms with Gasteiger partial charge in [0.15, 0.2) is 0 Å². The highest BCUT2D eigenvalue weighted by atomic mass is 35.5. The summed E-state index contributed by atoms with van der Waals surface area (Å²) in [4.78, 5) is 19.4. The highest BCUT2D eigenvalue weighted by molar-refractivity contribution is 6.30. The Labute approximate surface area is 170 Å². The van der Waals surface area contributed by atoms with Crippen LogP contribution >= 0.6 is 11.6 Å². The van der Waals surface area contributed by atoms with Gasteiger partial charge in [0.25, 0.3) is 5.91 Å². The molecule has 0 N–H and O–H groups in total. The number of methoxy groups -OCH3 is 1. The Bertz CT molecular complexity index is 952. The number of rotatable bonds is 7. The number of hydrogen-bond donors (Lipinski definition) is 0. The average molecular weight is 398 g/mol. The number of aromatic nitrogens is 2. The number of halogens is 1. The van der Waals surface area contributed by atoms with Gasteiger partial charge in [-0.15, -0.1) is 0 Å². The minimum atomic E-state index is -0.0498. The van der Waals surface area contributed by atoms with Crippen molar-refractivity contribution in [3.63, 3.8) is 0 Å². The Morgan fingerprint density at radius 2 is 2.00 bits per heavy atom. The number of hydrogen-bond acceptors (Lipinski definition) is 3. The zero-order chi connectivity index (χ0) is 20.1. The van der Waals surface area contributed by atoms with E-state index in [4.69, 9.17) is 16.3 Å². The molecule has 146 valence electrons. The second kappa shape index (κ2) is 8.93. The number of imidazole rings is 1. The van der Waals surface area contributed by atoms with Gasteiger partial charge in [0.2, 0.25) is 0 Å². The van der Waals surface area contributed by atoms with Gasteiger partial charge in [0, 0.05) is 35.6 Å². The summed E-state index contributed by atoms with van der Waals surface area (Å²) in [5.41, 5.74) is 1.68. The van der Waals surface area contributed by atoms with Crippen molar-refractivity contribution in [3.8, 4) is 5.75 Å². The van der Waals surface area contributed by atoms with Crippen LogP contribution in [0.4, 0.5) is 0 Å². The SMILES string of the molecule is COc1cccc(C(=O)N(Cc2nccn2Cc2cccc(Cl)c2)C(C)C)c1. The summed E-state index contributed by atoms with van der Waals surface area (Å²) in [7, 11) is 1.59. The molecule has 1 amide bonds. The van der Waals surface area contributed by atoms with Crippen molar-refractivity contribution in [1.82, 2.24) is 14.5 Å². The summed E-state index contributed by atoms with van der Waals surface area (Å²) in [5, 5.41) is 0.705. The van der Waals surface area contributed by atoms with Gasteiger partial charge in [0.1, 0.15) is 11.6 Å². The molecule has 0 fully saturated rings. The first-order valence-corrected chi connectivity index (χ1v) is 9.55. The minimum Gasteiger partial charge on any atom is -0.497 e. The minimum absolute atomic E-state index is 0.0232. The maximum atomic E-state index is 13.1. The predicted molar refractivity (Wildman–Crippen MR) is 111 cm³/mol. The molecule has 6 heteroatoms. The molecule has 0 spiro atoms. The van der Waals surface area contributed by atoms with E-state index in [9.17, 15) is 4.79 Å². The number of carbonyl (C=O) groups is 1.